The molecule has 3 heterocycles. The van der Waals surface area contributed by atoms with Crippen molar-refractivity contribution >= 4 is 28.3 Å². The Morgan fingerprint density at radius 3 is 1.66 bits per heavy atom. The molecule has 0 saturated heterocycles. The Morgan fingerprint density at radius 2 is 1.06 bits per heavy atom. The van der Waals surface area contributed by atoms with Gasteiger partial charge in [0.2, 0.25) is 0 Å². The molecule has 8 heteroatoms. The molecule has 0 aliphatic heterocycles. The molecule has 220 valence electrons. The maximum atomic E-state index is 9.55. The van der Waals surface area contributed by atoms with Gasteiger partial charge < -0.3 is 9.83 Å². The average molecular weight is 606 g/mol. The lowest BCUT2D eigenvalue weighted by Crippen LogP contribution is -2.00. The first kappa shape index (κ1) is 27.7. The molecule has 3 aromatic heterocycles. The first-order valence-corrected chi connectivity index (χ1v) is 14.9. The summed E-state index contributed by atoms with van der Waals surface area (Å²) in [5, 5.41) is 17.9. The van der Waals surface area contributed by atoms with Crippen LogP contribution in [0.5, 0.6) is 0 Å². The van der Waals surface area contributed by atoms with Crippen molar-refractivity contribution in [3.8, 4) is 62.5 Å². The number of fused-ring (bicyclic) bond motifs is 3. The zero-order chi connectivity index (χ0) is 31.7. The minimum atomic E-state index is 0.113. The third-order valence-corrected chi connectivity index (χ3v) is 7.94. The van der Waals surface area contributed by atoms with Crippen LogP contribution in [-0.4, -0.2) is 31.1 Å². The van der Waals surface area contributed by atoms with Crippen molar-refractivity contribution in [2.24, 2.45) is 0 Å². The van der Waals surface area contributed by atoms with Gasteiger partial charge in [-0.1, -0.05) is 109 Å². The lowest BCUT2D eigenvalue weighted by molar-refractivity contribution is 0.664. The van der Waals surface area contributed by atoms with Gasteiger partial charge in [-0.15, -0.1) is 0 Å². The maximum Gasteiger partial charge on any atom is 0.190 e. The summed E-state index contributed by atoms with van der Waals surface area (Å²) in [6.07, 6.45) is 1.03. The standard InChI is InChI=1S/C39H23N7O/c40-22-32-36-35(43-34(23-41)42-32)31-21-29(18-19-33(31)47-36)25-16-14-24(15-17-25)28-12-7-13-30(20-28)39-45-37(26-8-3-1-4-9-26)44-38(46-39)27-10-5-2-6-11-27/h1-21,23,41H. The van der Waals surface area contributed by atoms with E-state index >= 15 is 0 Å². The molecule has 47 heavy (non-hydrogen) atoms. The number of rotatable bonds is 6. The van der Waals surface area contributed by atoms with Crippen LogP contribution in [-0.2, 0) is 0 Å². The highest BCUT2D eigenvalue weighted by atomic mass is 16.3. The number of hydrogen-bond donors (Lipinski definition) is 1. The quantitative estimate of drug-likeness (QED) is 0.188. The smallest absolute Gasteiger partial charge is 0.190 e. The number of aromatic nitrogens is 5. The highest BCUT2D eigenvalue weighted by molar-refractivity contribution is 6.05. The molecule has 8 nitrogen and oxygen atoms in total. The first-order valence-electron chi connectivity index (χ1n) is 14.9. The number of benzene rings is 5. The second kappa shape index (κ2) is 11.6. The molecule has 0 amide bonds. The molecule has 8 aromatic rings. The van der Waals surface area contributed by atoms with E-state index in [4.69, 9.17) is 24.8 Å². The third kappa shape index (κ3) is 5.18. The van der Waals surface area contributed by atoms with E-state index in [1.165, 1.54) is 0 Å². The SMILES string of the molecule is N#Cc1nc(C=N)nc2c1oc1ccc(-c3ccc(-c4cccc(-c5nc(-c6ccccc6)nc(-c6ccccc6)n5)c4)cc3)cc12. The lowest BCUT2D eigenvalue weighted by Gasteiger charge is -2.10. The van der Waals surface area contributed by atoms with E-state index in [1.807, 2.05) is 97.1 Å². The van der Waals surface area contributed by atoms with E-state index in [9.17, 15) is 5.26 Å². The highest BCUT2D eigenvalue weighted by Crippen LogP contribution is 2.34. The van der Waals surface area contributed by atoms with Gasteiger partial charge in [0.1, 0.15) is 17.2 Å². The molecule has 0 fully saturated rings. The van der Waals surface area contributed by atoms with Crippen LogP contribution < -0.4 is 0 Å². The van der Waals surface area contributed by atoms with E-state index in [0.717, 1.165) is 50.5 Å². The summed E-state index contributed by atoms with van der Waals surface area (Å²) in [5.74, 6) is 2.01. The Bertz CT molecular complexity index is 2430. The molecule has 5 aromatic carbocycles. The van der Waals surface area contributed by atoms with Gasteiger partial charge in [0.15, 0.2) is 34.6 Å². The molecular formula is C39H23N7O. The Morgan fingerprint density at radius 1 is 0.532 bits per heavy atom. The third-order valence-electron chi connectivity index (χ3n) is 7.94. The molecule has 0 bridgehead atoms. The van der Waals surface area contributed by atoms with Gasteiger partial charge in [-0.2, -0.15) is 5.26 Å². The molecule has 0 unspecified atom stereocenters. The second-order valence-corrected chi connectivity index (χ2v) is 10.9. The number of nitrogens with zero attached hydrogens (tertiary/aromatic N) is 6. The summed E-state index contributed by atoms with van der Waals surface area (Å²) in [7, 11) is 0. The lowest BCUT2D eigenvalue weighted by atomic mass is 9.98. The molecule has 0 atom stereocenters. The average Bonchev–Trinajstić information content (AvgIpc) is 3.53. The fourth-order valence-corrected chi connectivity index (χ4v) is 5.61. The monoisotopic (exact) mass is 605 g/mol. The second-order valence-electron chi connectivity index (χ2n) is 10.9. The zero-order valence-electron chi connectivity index (χ0n) is 24.8. The molecule has 0 saturated carbocycles. The molecule has 0 aliphatic rings. The molecule has 0 radical (unpaired) electrons. The summed E-state index contributed by atoms with van der Waals surface area (Å²) >= 11 is 0. The number of nitrogens with one attached hydrogen (secondary N) is 1. The Kier molecular flexibility index (Phi) is 6.82. The highest BCUT2D eigenvalue weighted by Gasteiger charge is 2.17. The Hall–Kier alpha value is -6.85. The molecule has 0 aliphatic carbocycles. The van der Waals surface area contributed by atoms with E-state index < -0.39 is 0 Å². The van der Waals surface area contributed by atoms with Crippen molar-refractivity contribution < 1.29 is 4.42 Å². The molecule has 8 rings (SSSR count). The van der Waals surface area contributed by atoms with Crippen LogP contribution in [0.15, 0.2) is 132 Å². The topological polar surface area (TPSA) is 125 Å². The van der Waals surface area contributed by atoms with Gasteiger partial charge in [0.05, 0.1) is 6.21 Å². The largest absolute Gasteiger partial charge is 0.451 e. The summed E-state index contributed by atoms with van der Waals surface area (Å²) in [4.78, 5) is 23.1. The van der Waals surface area contributed by atoms with Gasteiger partial charge in [-0.05, 0) is 40.5 Å². The van der Waals surface area contributed by atoms with Crippen LogP contribution in [0, 0.1) is 16.7 Å². The number of nitriles is 1. The van der Waals surface area contributed by atoms with E-state index in [0.29, 0.717) is 34.2 Å². The number of furan rings is 1. The van der Waals surface area contributed by atoms with Gasteiger partial charge in [0, 0.05) is 22.1 Å². The summed E-state index contributed by atoms with van der Waals surface area (Å²) in [6, 6.07) is 44.3. The van der Waals surface area contributed by atoms with Gasteiger partial charge >= 0.3 is 0 Å². The van der Waals surface area contributed by atoms with E-state index in [-0.39, 0.29) is 11.5 Å². The van der Waals surface area contributed by atoms with Crippen molar-refractivity contribution in [2.75, 3.05) is 0 Å². The molecule has 1 N–H and O–H groups in total. The van der Waals surface area contributed by atoms with Crippen LogP contribution in [0.3, 0.4) is 0 Å². The van der Waals surface area contributed by atoms with Gasteiger partial charge in [-0.25, -0.2) is 24.9 Å². The Balaban J connectivity index is 1.15. The van der Waals surface area contributed by atoms with Gasteiger partial charge in [-0.3, -0.25) is 0 Å². The summed E-state index contributed by atoms with van der Waals surface area (Å²) in [6.45, 7) is 0. The van der Waals surface area contributed by atoms with Crippen molar-refractivity contribution in [1.82, 2.24) is 24.9 Å². The van der Waals surface area contributed by atoms with E-state index in [1.54, 1.807) is 0 Å². The van der Waals surface area contributed by atoms with Gasteiger partial charge in [0.25, 0.3) is 0 Å². The van der Waals surface area contributed by atoms with Crippen molar-refractivity contribution in [3.63, 3.8) is 0 Å². The van der Waals surface area contributed by atoms with Crippen molar-refractivity contribution in [3.05, 3.63) is 139 Å². The van der Waals surface area contributed by atoms with Crippen LogP contribution in [0.25, 0.3) is 78.5 Å². The minimum absolute atomic E-state index is 0.113. The van der Waals surface area contributed by atoms with E-state index in [2.05, 4.69) is 46.4 Å². The normalized spacial score (nSPS) is 11.0. The van der Waals surface area contributed by atoms with Crippen LogP contribution in [0.2, 0.25) is 0 Å². The molecule has 0 spiro atoms. The van der Waals surface area contributed by atoms with Crippen molar-refractivity contribution in [2.45, 2.75) is 0 Å². The summed E-state index contributed by atoms with van der Waals surface area (Å²) < 4.78 is 5.92. The Labute approximate surface area is 269 Å². The van der Waals surface area contributed by atoms with Crippen LogP contribution in [0.4, 0.5) is 0 Å². The minimum Gasteiger partial charge on any atom is -0.451 e. The number of hydrogen-bond acceptors (Lipinski definition) is 8. The van der Waals surface area contributed by atoms with Crippen LogP contribution in [0.1, 0.15) is 11.5 Å². The molecular weight excluding hydrogens is 582 g/mol. The fourth-order valence-electron chi connectivity index (χ4n) is 5.61. The fraction of sp³-hybridized carbons (Fsp3) is 0. The zero-order valence-corrected chi connectivity index (χ0v) is 24.8. The maximum absolute atomic E-state index is 9.55. The summed E-state index contributed by atoms with van der Waals surface area (Å²) in [5.41, 5.74) is 8.38. The first-order chi connectivity index (χ1) is 23.2. The van der Waals surface area contributed by atoms with Crippen molar-refractivity contribution in [1.29, 1.82) is 10.7 Å². The van der Waals surface area contributed by atoms with Crippen LogP contribution >= 0.6 is 0 Å². The predicted molar refractivity (Wildman–Crippen MR) is 182 cm³/mol. The predicted octanol–water partition coefficient (Wildman–Crippen LogP) is 8.77.